The second kappa shape index (κ2) is 8.78. The molecule has 2 amide bonds. The van der Waals surface area contributed by atoms with Crippen molar-refractivity contribution < 1.29 is 9.53 Å². The van der Waals surface area contributed by atoms with Crippen LogP contribution < -0.4 is 15.4 Å². The lowest BCUT2D eigenvalue weighted by molar-refractivity contribution is 0.238. The van der Waals surface area contributed by atoms with Crippen molar-refractivity contribution in [2.45, 2.75) is 26.8 Å². The van der Waals surface area contributed by atoms with Crippen LogP contribution in [0, 0.1) is 13.8 Å². The minimum absolute atomic E-state index is 0.172. The zero-order chi connectivity index (χ0) is 16.5. The van der Waals surface area contributed by atoms with Crippen LogP contribution in [0.2, 0.25) is 0 Å². The molecule has 0 saturated carbocycles. The Morgan fingerprint density at radius 2 is 1.78 bits per heavy atom. The lowest BCUT2D eigenvalue weighted by Crippen LogP contribution is -2.36. The molecule has 0 aliphatic rings. The number of hydrogen-bond acceptors (Lipinski definition) is 3. The topological polar surface area (TPSA) is 63.2 Å². The molecule has 1 heterocycles. The Kier molecular flexibility index (Phi) is 6.41. The number of rotatable bonds is 7. The van der Waals surface area contributed by atoms with E-state index in [1.54, 1.807) is 12.4 Å². The molecule has 0 unspecified atom stereocenters. The van der Waals surface area contributed by atoms with Gasteiger partial charge in [0.25, 0.3) is 0 Å². The highest BCUT2D eigenvalue weighted by atomic mass is 16.5. The van der Waals surface area contributed by atoms with Crippen molar-refractivity contribution >= 4 is 6.03 Å². The van der Waals surface area contributed by atoms with Crippen molar-refractivity contribution in [3.8, 4) is 5.75 Å². The molecular formula is C18H23N3O2. The number of nitrogens with zero attached hydrogens (tertiary/aromatic N) is 1. The van der Waals surface area contributed by atoms with Gasteiger partial charge in [-0.1, -0.05) is 18.2 Å². The van der Waals surface area contributed by atoms with Crippen LogP contribution in [0.4, 0.5) is 4.79 Å². The first kappa shape index (κ1) is 16.8. The van der Waals surface area contributed by atoms with Crippen molar-refractivity contribution in [3.05, 3.63) is 59.4 Å². The first-order valence-electron chi connectivity index (χ1n) is 7.76. The molecule has 2 N–H and O–H groups in total. The summed E-state index contributed by atoms with van der Waals surface area (Å²) in [5.41, 5.74) is 3.29. The Bertz CT molecular complexity index is 609. The molecule has 5 heteroatoms. The summed E-state index contributed by atoms with van der Waals surface area (Å²) in [6, 6.07) is 9.66. The Labute approximate surface area is 137 Å². The van der Waals surface area contributed by atoms with Gasteiger partial charge in [-0.25, -0.2) is 4.79 Å². The van der Waals surface area contributed by atoms with E-state index in [2.05, 4.69) is 15.6 Å². The van der Waals surface area contributed by atoms with Gasteiger partial charge in [0.05, 0.1) is 6.61 Å². The number of amides is 2. The maximum absolute atomic E-state index is 11.7. The minimum atomic E-state index is -0.172. The number of carbonyl (C=O) groups is 1. The third-order valence-electron chi connectivity index (χ3n) is 3.46. The van der Waals surface area contributed by atoms with Gasteiger partial charge < -0.3 is 15.4 Å². The summed E-state index contributed by atoms with van der Waals surface area (Å²) in [6.45, 7) is 5.72. The molecule has 122 valence electrons. The molecule has 0 saturated heterocycles. The third-order valence-corrected chi connectivity index (χ3v) is 3.46. The zero-order valence-corrected chi connectivity index (χ0v) is 13.6. The second-order valence-corrected chi connectivity index (χ2v) is 5.39. The van der Waals surface area contributed by atoms with Crippen LogP contribution in [0.1, 0.15) is 23.1 Å². The number of pyridine rings is 1. The summed E-state index contributed by atoms with van der Waals surface area (Å²) >= 11 is 0. The predicted octanol–water partition coefficient (Wildman–Crippen LogP) is 2.97. The smallest absolute Gasteiger partial charge is 0.315 e. The molecule has 1 aromatic heterocycles. The SMILES string of the molecule is Cc1cccc(C)c1OCCCNC(=O)NCc1ccncc1. The number of benzene rings is 1. The standard InChI is InChI=1S/C18H23N3O2/c1-14-5-3-6-15(2)17(14)23-12-4-9-20-18(22)21-13-16-7-10-19-11-8-16/h3,5-8,10-11H,4,9,12-13H2,1-2H3,(H2,20,21,22). The quantitative estimate of drug-likeness (QED) is 0.773. The molecule has 2 rings (SSSR count). The number of para-hydroxylation sites is 1. The average Bonchev–Trinajstić information content (AvgIpc) is 2.56. The van der Waals surface area contributed by atoms with Crippen molar-refractivity contribution in [1.82, 2.24) is 15.6 Å². The molecule has 0 aliphatic carbocycles. The van der Waals surface area contributed by atoms with Crippen LogP contribution in [0.3, 0.4) is 0 Å². The van der Waals surface area contributed by atoms with E-state index in [1.165, 1.54) is 0 Å². The number of nitrogens with one attached hydrogen (secondary N) is 2. The van der Waals surface area contributed by atoms with Crippen LogP contribution in [0.25, 0.3) is 0 Å². The largest absolute Gasteiger partial charge is 0.493 e. The molecule has 2 aromatic rings. The van der Waals surface area contributed by atoms with Gasteiger partial charge in [0.1, 0.15) is 5.75 Å². The number of aryl methyl sites for hydroxylation is 2. The summed E-state index contributed by atoms with van der Waals surface area (Å²) in [4.78, 5) is 15.6. The molecular weight excluding hydrogens is 290 g/mol. The van der Waals surface area contributed by atoms with Gasteiger partial charge in [-0.15, -0.1) is 0 Å². The van der Waals surface area contributed by atoms with E-state index < -0.39 is 0 Å². The van der Waals surface area contributed by atoms with Crippen molar-refractivity contribution in [2.24, 2.45) is 0 Å². The first-order valence-corrected chi connectivity index (χ1v) is 7.76. The van der Waals surface area contributed by atoms with E-state index in [4.69, 9.17) is 4.74 Å². The molecule has 0 radical (unpaired) electrons. The fraction of sp³-hybridized carbons (Fsp3) is 0.333. The van der Waals surface area contributed by atoms with Gasteiger partial charge >= 0.3 is 6.03 Å². The summed E-state index contributed by atoms with van der Waals surface area (Å²) in [6.07, 6.45) is 4.18. The maximum atomic E-state index is 11.7. The van der Waals surface area contributed by atoms with Crippen molar-refractivity contribution in [2.75, 3.05) is 13.2 Å². The Hall–Kier alpha value is -2.56. The molecule has 0 bridgehead atoms. The normalized spacial score (nSPS) is 10.2. The molecule has 1 aromatic carbocycles. The van der Waals surface area contributed by atoms with Gasteiger partial charge in [-0.3, -0.25) is 4.98 Å². The number of aromatic nitrogens is 1. The highest BCUT2D eigenvalue weighted by Crippen LogP contribution is 2.22. The summed E-state index contributed by atoms with van der Waals surface area (Å²) < 4.78 is 5.80. The molecule has 5 nitrogen and oxygen atoms in total. The number of ether oxygens (including phenoxy) is 1. The van der Waals surface area contributed by atoms with E-state index >= 15 is 0 Å². The maximum Gasteiger partial charge on any atom is 0.315 e. The van der Waals surface area contributed by atoms with E-state index in [1.807, 2.05) is 44.2 Å². The predicted molar refractivity (Wildman–Crippen MR) is 90.5 cm³/mol. The van der Waals surface area contributed by atoms with Gasteiger partial charge in [-0.2, -0.15) is 0 Å². The lowest BCUT2D eigenvalue weighted by atomic mass is 10.1. The molecule has 0 spiro atoms. The molecule has 0 atom stereocenters. The van der Waals surface area contributed by atoms with E-state index in [9.17, 15) is 4.79 Å². The van der Waals surface area contributed by atoms with E-state index in [0.717, 1.165) is 28.9 Å². The molecule has 0 aliphatic heterocycles. The van der Waals surface area contributed by atoms with Gasteiger partial charge in [0.15, 0.2) is 0 Å². The van der Waals surface area contributed by atoms with Crippen molar-refractivity contribution in [1.29, 1.82) is 0 Å². The summed E-state index contributed by atoms with van der Waals surface area (Å²) in [5.74, 6) is 0.939. The third kappa shape index (κ3) is 5.62. The number of carbonyl (C=O) groups excluding carboxylic acids is 1. The van der Waals surface area contributed by atoms with E-state index in [-0.39, 0.29) is 6.03 Å². The van der Waals surface area contributed by atoms with Crippen LogP contribution in [0.5, 0.6) is 5.75 Å². The minimum Gasteiger partial charge on any atom is -0.493 e. The second-order valence-electron chi connectivity index (χ2n) is 5.39. The van der Waals surface area contributed by atoms with Gasteiger partial charge in [0.2, 0.25) is 0 Å². The molecule has 23 heavy (non-hydrogen) atoms. The first-order chi connectivity index (χ1) is 11.2. The van der Waals surface area contributed by atoms with E-state index in [0.29, 0.717) is 19.7 Å². The summed E-state index contributed by atoms with van der Waals surface area (Å²) in [7, 11) is 0. The van der Waals surface area contributed by atoms with Crippen LogP contribution >= 0.6 is 0 Å². The molecule has 0 fully saturated rings. The fourth-order valence-corrected chi connectivity index (χ4v) is 2.22. The lowest BCUT2D eigenvalue weighted by Gasteiger charge is -2.12. The van der Waals surface area contributed by atoms with Crippen molar-refractivity contribution in [3.63, 3.8) is 0 Å². The fourth-order valence-electron chi connectivity index (χ4n) is 2.22. The zero-order valence-electron chi connectivity index (χ0n) is 13.6. The summed E-state index contributed by atoms with van der Waals surface area (Å²) in [5, 5.41) is 5.63. The Morgan fingerprint density at radius 1 is 1.09 bits per heavy atom. The average molecular weight is 313 g/mol. The van der Waals surface area contributed by atoms with Crippen LogP contribution in [0.15, 0.2) is 42.7 Å². The Morgan fingerprint density at radius 3 is 2.48 bits per heavy atom. The highest BCUT2D eigenvalue weighted by molar-refractivity contribution is 5.73. The monoisotopic (exact) mass is 313 g/mol. The van der Waals surface area contributed by atoms with Crippen LogP contribution in [-0.2, 0) is 6.54 Å². The number of hydrogen-bond donors (Lipinski definition) is 2. The van der Waals surface area contributed by atoms with Gasteiger partial charge in [-0.05, 0) is 49.1 Å². The Balaban J connectivity index is 1.61. The van der Waals surface area contributed by atoms with Crippen LogP contribution in [-0.4, -0.2) is 24.2 Å². The number of urea groups is 1. The highest BCUT2D eigenvalue weighted by Gasteiger charge is 2.03. The van der Waals surface area contributed by atoms with Gasteiger partial charge in [0, 0.05) is 25.5 Å².